The zero-order valence-corrected chi connectivity index (χ0v) is 13.1. The molecule has 1 aromatic heterocycles. The number of hydrogen-bond acceptors (Lipinski definition) is 5. The molecule has 0 fully saturated rings. The van der Waals surface area contributed by atoms with Gasteiger partial charge in [0, 0.05) is 19.3 Å². The van der Waals surface area contributed by atoms with Crippen molar-refractivity contribution in [1.29, 1.82) is 0 Å². The van der Waals surface area contributed by atoms with Crippen LogP contribution in [-0.2, 0) is 23.5 Å². The normalized spacial score (nSPS) is 13.5. The smallest absolute Gasteiger partial charge is 0.268 e. The number of aryl methyl sites for hydroxylation is 1. The third-order valence-electron chi connectivity index (χ3n) is 3.81. The van der Waals surface area contributed by atoms with Crippen LogP contribution in [0.4, 0.5) is 5.69 Å². The monoisotopic (exact) mass is 320 g/mol. The van der Waals surface area contributed by atoms with E-state index in [4.69, 9.17) is 0 Å². The van der Waals surface area contributed by atoms with Gasteiger partial charge in [0.15, 0.2) is 0 Å². The fourth-order valence-corrected chi connectivity index (χ4v) is 3.68. The van der Waals surface area contributed by atoms with Gasteiger partial charge < -0.3 is 5.32 Å². The van der Waals surface area contributed by atoms with Gasteiger partial charge in [0.25, 0.3) is 15.9 Å². The first kappa shape index (κ1) is 14.6. The minimum atomic E-state index is -3.94. The number of sulfonamides is 1. The van der Waals surface area contributed by atoms with Gasteiger partial charge in [0.1, 0.15) is 4.90 Å². The van der Waals surface area contributed by atoms with E-state index in [-0.39, 0.29) is 10.5 Å². The number of carbonyl (C=O) groups is 1. The Balaban J connectivity index is 1.93. The number of rotatable bonds is 3. The summed E-state index contributed by atoms with van der Waals surface area (Å²) in [5, 5.41) is 7.00. The first-order valence-corrected chi connectivity index (χ1v) is 8.30. The fraction of sp³-hybridized carbons (Fsp3) is 0.286. The highest BCUT2D eigenvalue weighted by Crippen LogP contribution is 2.29. The van der Waals surface area contributed by atoms with E-state index < -0.39 is 15.9 Å². The van der Waals surface area contributed by atoms with Crippen LogP contribution < -0.4 is 10.0 Å². The lowest BCUT2D eigenvalue weighted by atomic mass is 10.2. The molecule has 0 aliphatic carbocycles. The highest BCUT2D eigenvalue weighted by Gasteiger charge is 2.26. The van der Waals surface area contributed by atoms with Gasteiger partial charge in [-0.05, 0) is 25.0 Å². The van der Waals surface area contributed by atoms with E-state index in [1.54, 1.807) is 20.0 Å². The van der Waals surface area contributed by atoms with Crippen LogP contribution in [0.1, 0.15) is 21.6 Å². The maximum absolute atomic E-state index is 12.5. The van der Waals surface area contributed by atoms with Gasteiger partial charge >= 0.3 is 0 Å². The number of fused-ring (bicyclic) bond motifs is 1. The predicted molar refractivity (Wildman–Crippen MR) is 81.2 cm³/mol. The molecule has 0 radical (unpaired) electrons. The number of hydrogen-bond donors (Lipinski definition) is 2. The average molecular weight is 320 g/mol. The van der Waals surface area contributed by atoms with Crippen molar-refractivity contribution in [2.24, 2.45) is 7.05 Å². The van der Waals surface area contributed by atoms with E-state index >= 15 is 0 Å². The minimum absolute atomic E-state index is 0.0948. The van der Waals surface area contributed by atoms with Crippen LogP contribution in [0.2, 0.25) is 0 Å². The molecular weight excluding hydrogens is 304 g/mol. The van der Waals surface area contributed by atoms with Crippen molar-refractivity contribution >= 4 is 21.6 Å². The Morgan fingerprint density at radius 2 is 2.18 bits per heavy atom. The van der Waals surface area contributed by atoms with Crippen molar-refractivity contribution < 1.29 is 13.2 Å². The Labute approximate surface area is 128 Å². The van der Waals surface area contributed by atoms with Crippen LogP contribution in [0.15, 0.2) is 29.3 Å². The summed E-state index contributed by atoms with van der Waals surface area (Å²) in [5.74, 6) is -0.679. The van der Waals surface area contributed by atoms with Gasteiger partial charge in [0.05, 0.1) is 17.4 Å². The molecule has 0 saturated carbocycles. The van der Waals surface area contributed by atoms with Gasteiger partial charge in [-0.1, -0.05) is 12.1 Å². The number of aromatic nitrogens is 2. The molecule has 1 aliphatic rings. The molecule has 7 nitrogen and oxygen atoms in total. The van der Waals surface area contributed by atoms with Crippen LogP contribution in [0, 0.1) is 6.92 Å². The van der Waals surface area contributed by atoms with E-state index in [9.17, 15) is 13.2 Å². The SMILES string of the molecule is Cc1c(C(=O)NS(=O)(=O)c2cccc3c2NCC3)cnn1C. The maximum atomic E-state index is 12.5. The quantitative estimate of drug-likeness (QED) is 0.873. The molecule has 2 heterocycles. The van der Waals surface area contributed by atoms with E-state index in [1.807, 2.05) is 6.07 Å². The van der Waals surface area contributed by atoms with Gasteiger partial charge in [-0.15, -0.1) is 0 Å². The first-order chi connectivity index (χ1) is 10.4. The number of para-hydroxylation sites is 1. The third kappa shape index (κ3) is 2.35. The Kier molecular flexibility index (Phi) is 3.40. The van der Waals surface area contributed by atoms with Crippen molar-refractivity contribution in [2.45, 2.75) is 18.2 Å². The molecule has 3 rings (SSSR count). The predicted octanol–water partition coefficient (Wildman–Crippen LogP) is 0.815. The summed E-state index contributed by atoms with van der Waals surface area (Å²) in [6, 6.07) is 5.05. The molecule has 0 atom stereocenters. The third-order valence-corrected chi connectivity index (χ3v) is 5.18. The van der Waals surface area contributed by atoms with Crippen LogP contribution >= 0.6 is 0 Å². The summed E-state index contributed by atoms with van der Waals surface area (Å²) < 4.78 is 28.6. The van der Waals surface area contributed by atoms with Crippen LogP contribution in [-0.4, -0.2) is 30.7 Å². The number of nitrogens with one attached hydrogen (secondary N) is 2. The Morgan fingerprint density at radius 1 is 1.41 bits per heavy atom. The topological polar surface area (TPSA) is 93.1 Å². The Hall–Kier alpha value is -2.35. The highest BCUT2D eigenvalue weighted by molar-refractivity contribution is 7.90. The summed E-state index contributed by atoms with van der Waals surface area (Å²) in [4.78, 5) is 12.3. The minimum Gasteiger partial charge on any atom is -0.383 e. The largest absolute Gasteiger partial charge is 0.383 e. The zero-order valence-electron chi connectivity index (χ0n) is 12.3. The number of nitrogens with zero attached hydrogens (tertiary/aromatic N) is 2. The molecule has 0 saturated heterocycles. The molecule has 2 N–H and O–H groups in total. The summed E-state index contributed by atoms with van der Waals surface area (Å²) in [5.41, 5.74) is 2.36. The van der Waals surface area contributed by atoms with Crippen molar-refractivity contribution in [3.63, 3.8) is 0 Å². The lowest BCUT2D eigenvalue weighted by Gasteiger charge is -2.11. The summed E-state index contributed by atoms with van der Waals surface area (Å²) in [6.07, 6.45) is 2.13. The second kappa shape index (κ2) is 5.13. The molecule has 1 aromatic carbocycles. The second-order valence-corrected chi connectivity index (χ2v) is 6.82. The summed E-state index contributed by atoms with van der Waals surface area (Å²) in [7, 11) is -2.25. The average Bonchev–Trinajstić information content (AvgIpc) is 3.05. The van der Waals surface area contributed by atoms with E-state index in [0.717, 1.165) is 12.0 Å². The lowest BCUT2D eigenvalue weighted by Crippen LogP contribution is -2.31. The highest BCUT2D eigenvalue weighted by atomic mass is 32.2. The molecule has 22 heavy (non-hydrogen) atoms. The summed E-state index contributed by atoms with van der Waals surface area (Å²) >= 11 is 0. The van der Waals surface area contributed by atoms with E-state index in [1.165, 1.54) is 16.9 Å². The van der Waals surface area contributed by atoms with Crippen molar-refractivity contribution in [2.75, 3.05) is 11.9 Å². The van der Waals surface area contributed by atoms with Gasteiger partial charge in [-0.3, -0.25) is 9.48 Å². The van der Waals surface area contributed by atoms with E-state index in [0.29, 0.717) is 17.9 Å². The van der Waals surface area contributed by atoms with Crippen LogP contribution in [0.5, 0.6) is 0 Å². The standard InChI is InChI=1S/C14H16N4O3S/c1-9-11(8-16-18(9)2)14(19)17-22(20,21)12-5-3-4-10-6-7-15-13(10)12/h3-5,8,15H,6-7H2,1-2H3,(H,17,19). The Bertz CT molecular complexity index is 855. The summed E-state index contributed by atoms with van der Waals surface area (Å²) in [6.45, 7) is 2.40. The Morgan fingerprint density at radius 3 is 2.86 bits per heavy atom. The number of anilines is 1. The van der Waals surface area contributed by atoms with Gasteiger partial charge in [-0.25, -0.2) is 13.1 Å². The molecule has 116 valence electrons. The number of carbonyl (C=O) groups excluding carboxylic acids is 1. The molecule has 0 unspecified atom stereocenters. The fourth-order valence-electron chi connectivity index (χ4n) is 2.49. The molecule has 1 amide bonds. The van der Waals surface area contributed by atoms with Crippen LogP contribution in [0.25, 0.3) is 0 Å². The second-order valence-electron chi connectivity index (χ2n) is 5.17. The van der Waals surface area contributed by atoms with Crippen LogP contribution in [0.3, 0.4) is 0 Å². The molecule has 8 heteroatoms. The molecule has 0 spiro atoms. The van der Waals surface area contributed by atoms with Gasteiger partial charge in [0.2, 0.25) is 0 Å². The number of amides is 1. The van der Waals surface area contributed by atoms with Gasteiger partial charge in [-0.2, -0.15) is 5.10 Å². The first-order valence-electron chi connectivity index (χ1n) is 6.81. The maximum Gasteiger partial charge on any atom is 0.268 e. The molecule has 0 bridgehead atoms. The molecular formula is C14H16N4O3S. The van der Waals surface area contributed by atoms with Crippen molar-refractivity contribution in [1.82, 2.24) is 14.5 Å². The number of benzene rings is 1. The molecule has 2 aromatic rings. The lowest BCUT2D eigenvalue weighted by molar-refractivity contribution is 0.0980. The molecule has 1 aliphatic heterocycles. The van der Waals surface area contributed by atoms with Crippen molar-refractivity contribution in [3.8, 4) is 0 Å². The van der Waals surface area contributed by atoms with E-state index in [2.05, 4.69) is 15.1 Å². The van der Waals surface area contributed by atoms with Crippen molar-refractivity contribution in [3.05, 3.63) is 41.2 Å². The zero-order chi connectivity index (χ0) is 15.9.